The summed E-state index contributed by atoms with van der Waals surface area (Å²) in [7, 11) is -4.79. The third kappa shape index (κ3) is 3.23. The number of ether oxygens (including phenoxy) is 1. The van der Waals surface area contributed by atoms with Gasteiger partial charge in [-0.05, 0) is 69.0 Å². The molecule has 11 heteroatoms. The standard InChI is InChI=1S/C24H28F3NO6S/c1-33-16-5-4-15-10-17-23(30)13-21(6-7-21)18(29)11-22(23,8-9-28(17)12-14-2-3-14)19(15)20(16)34-35(31,32)24(25,26)27/h4-5,14,17,30H,2-3,6-13H2,1H3. The Labute approximate surface area is 201 Å². The quantitative estimate of drug-likeness (QED) is 0.476. The van der Waals surface area contributed by atoms with E-state index in [0.717, 1.165) is 19.4 Å². The Morgan fingerprint density at radius 3 is 2.51 bits per heavy atom. The molecule has 4 fully saturated rings. The van der Waals surface area contributed by atoms with Crippen LogP contribution < -0.4 is 8.92 Å². The minimum Gasteiger partial charge on any atom is -0.493 e. The van der Waals surface area contributed by atoms with Crippen LogP contribution in [0.4, 0.5) is 13.2 Å². The lowest BCUT2D eigenvalue weighted by atomic mass is 9.47. The number of fused-ring (bicyclic) bond motifs is 1. The van der Waals surface area contributed by atoms with Crippen LogP contribution in [0.1, 0.15) is 56.1 Å². The fourth-order valence-electron chi connectivity index (χ4n) is 7.02. The number of methoxy groups -OCH3 is 1. The fraction of sp³-hybridized carbons (Fsp3) is 0.708. The van der Waals surface area contributed by atoms with Gasteiger partial charge in [0.15, 0.2) is 11.5 Å². The van der Waals surface area contributed by atoms with E-state index in [0.29, 0.717) is 43.7 Å². The number of halogens is 3. The molecule has 6 rings (SSSR count). The van der Waals surface area contributed by atoms with Gasteiger partial charge in [0.1, 0.15) is 5.78 Å². The molecule has 3 saturated carbocycles. The first-order chi connectivity index (χ1) is 16.4. The third-order valence-corrected chi connectivity index (χ3v) is 10.1. The number of alkyl halides is 3. The number of aliphatic hydroxyl groups is 1. The molecule has 1 spiro atoms. The van der Waals surface area contributed by atoms with Gasteiger partial charge in [0.2, 0.25) is 0 Å². The van der Waals surface area contributed by atoms with E-state index in [2.05, 4.69) is 4.90 Å². The highest BCUT2D eigenvalue weighted by atomic mass is 32.2. The highest BCUT2D eigenvalue weighted by Crippen LogP contribution is 2.68. The van der Waals surface area contributed by atoms with E-state index >= 15 is 0 Å². The van der Waals surface area contributed by atoms with Crippen molar-refractivity contribution in [2.24, 2.45) is 11.3 Å². The van der Waals surface area contributed by atoms with Gasteiger partial charge in [-0.2, -0.15) is 21.6 Å². The van der Waals surface area contributed by atoms with Crippen molar-refractivity contribution < 1.29 is 40.4 Å². The Morgan fingerprint density at radius 1 is 1.20 bits per heavy atom. The molecule has 1 aromatic carbocycles. The largest absolute Gasteiger partial charge is 0.534 e. The first-order valence-electron chi connectivity index (χ1n) is 12.1. The number of rotatable bonds is 5. The molecule has 0 amide bonds. The second-order valence-electron chi connectivity index (χ2n) is 11.1. The molecule has 2 bridgehead atoms. The third-order valence-electron chi connectivity index (χ3n) is 9.15. The van der Waals surface area contributed by atoms with Gasteiger partial charge in [-0.3, -0.25) is 9.69 Å². The van der Waals surface area contributed by atoms with Crippen LogP contribution in [0.25, 0.3) is 0 Å². The highest BCUT2D eigenvalue weighted by molar-refractivity contribution is 7.88. The van der Waals surface area contributed by atoms with Gasteiger partial charge < -0.3 is 14.0 Å². The van der Waals surface area contributed by atoms with Gasteiger partial charge in [0, 0.05) is 35.4 Å². The minimum absolute atomic E-state index is 0.0168. The number of hydrogen-bond acceptors (Lipinski definition) is 7. The average Bonchev–Trinajstić information content (AvgIpc) is 3.68. The lowest BCUT2D eigenvalue weighted by Gasteiger charge is -2.64. The number of likely N-dealkylation sites (tertiary alicyclic amines) is 1. The van der Waals surface area contributed by atoms with Crippen molar-refractivity contribution in [3.05, 3.63) is 23.3 Å². The molecule has 3 atom stereocenters. The molecule has 4 aliphatic carbocycles. The summed E-state index contributed by atoms with van der Waals surface area (Å²) in [6.07, 6.45) is 4.47. The summed E-state index contributed by atoms with van der Waals surface area (Å²) in [6, 6.07) is 2.78. The summed E-state index contributed by atoms with van der Waals surface area (Å²) >= 11 is 0. The molecule has 1 N–H and O–H groups in total. The first kappa shape index (κ1) is 23.5. The van der Waals surface area contributed by atoms with E-state index < -0.39 is 37.8 Å². The molecule has 1 aliphatic heterocycles. The SMILES string of the molecule is COc1ccc2c(c1OS(=O)(=O)C(F)(F)F)C13CCN(CC4CC4)C(C2)C1(O)CC1(CC1)C(=O)C3. The topological polar surface area (TPSA) is 93.1 Å². The molecule has 7 nitrogen and oxygen atoms in total. The molecule has 5 aliphatic rings. The van der Waals surface area contributed by atoms with Crippen LogP contribution in [-0.2, 0) is 26.7 Å². The van der Waals surface area contributed by atoms with Gasteiger partial charge in [-0.1, -0.05) is 6.07 Å². The summed E-state index contributed by atoms with van der Waals surface area (Å²) in [4.78, 5) is 15.6. The molecule has 1 heterocycles. The molecule has 192 valence electrons. The fourth-order valence-corrected chi connectivity index (χ4v) is 7.50. The Morgan fingerprint density at radius 2 is 1.91 bits per heavy atom. The van der Waals surface area contributed by atoms with E-state index in [1.807, 2.05) is 0 Å². The number of nitrogens with zero attached hydrogens (tertiary/aromatic N) is 1. The smallest absolute Gasteiger partial charge is 0.493 e. The van der Waals surface area contributed by atoms with Crippen LogP contribution in [0.15, 0.2) is 12.1 Å². The maximum Gasteiger partial charge on any atom is 0.534 e. The van der Waals surface area contributed by atoms with E-state index in [9.17, 15) is 31.5 Å². The van der Waals surface area contributed by atoms with E-state index in [4.69, 9.17) is 8.92 Å². The first-order valence-corrected chi connectivity index (χ1v) is 13.5. The number of ketones is 1. The van der Waals surface area contributed by atoms with Crippen LogP contribution in [0, 0.1) is 11.3 Å². The Kier molecular flexibility index (Phi) is 4.80. The van der Waals surface area contributed by atoms with E-state index in [1.54, 1.807) is 6.07 Å². The molecular weight excluding hydrogens is 487 g/mol. The Bertz CT molecular complexity index is 1210. The van der Waals surface area contributed by atoms with Gasteiger partial charge in [0.25, 0.3) is 0 Å². The van der Waals surface area contributed by atoms with Crippen molar-refractivity contribution in [1.29, 1.82) is 0 Å². The lowest BCUT2D eigenvalue weighted by Crippen LogP contribution is -2.74. The molecular formula is C24H28F3NO6S. The van der Waals surface area contributed by atoms with Crippen LogP contribution in [0.3, 0.4) is 0 Å². The molecule has 1 saturated heterocycles. The molecule has 0 radical (unpaired) electrons. The minimum atomic E-state index is -6.00. The number of hydrogen-bond donors (Lipinski definition) is 1. The second-order valence-corrected chi connectivity index (χ2v) is 12.6. The van der Waals surface area contributed by atoms with Crippen LogP contribution in [0.2, 0.25) is 0 Å². The summed E-state index contributed by atoms with van der Waals surface area (Å²) in [6.45, 7) is 1.40. The maximum atomic E-state index is 13.4. The van der Waals surface area contributed by atoms with Crippen LogP contribution in [-0.4, -0.2) is 61.6 Å². The number of carbonyl (C=O) groups is 1. The zero-order valence-corrected chi connectivity index (χ0v) is 20.2. The zero-order valence-electron chi connectivity index (χ0n) is 19.4. The Hall–Kier alpha value is -1.85. The number of carbonyl (C=O) groups excluding carboxylic acids is 1. The summed E-state index contributed by atoms with van der Waals surface area (Å²) in [5.74, 6) is -0.183. The van der Waals surface area contributed by atoms with Crippen molar-refractivity contribution in [3.63, 3.8) is 0 Å². The van der Waals surface area contributed by atoms with E-state index in [-0.39, 0.29) is 36.0 Å². The normalized spacial score (nSPS) is 33.7. The zero-order chi connectivity index (χ0) is 25.0. The van der Waals surface area contributed by atoms with Crippen molar-refractivity contribution in [2.45, 2.75) is 73.9 Å². The van der Waals surface area contributed by atoms with Crippen molar-refractivity contribution in [2.75, 3.05) is 20.2 Å². The average molecular weight is 516 g/mol. The highest BCUT2D eigenvalue weighted by Gasteiger charge is 2.72. The van der Waals surface area contributed by atoms with Crippen molar-refractivity contribution in [3.8, 4) is 11.5 Å². The monoisotopic (exact) mass is 515 g/mol. The predicted molar refractivity (Wildman–Crippen MR) is 118 cm³/mol. The van der Waals surface area contributed by atoms with Crippen LogP contribution in [0.5, 0.6) is 11.5 Å². The van der Waals surface area contributed by atoms with Crippen molar-refractivity contribution >= 4 is 15.9 Å². The molecule has 35 heavy (non-hydrogen) atoms. The molecule has 1 aromatic rings. The van der Waals surface area contributed by atoms with Crippen LogP contribution >= 0.6 is 0 Å². The van der Waals surface area contributed by atoms with Gasteiger partial charge in [-0.25, -0.2) is 0 Å². The predicted octanol–water partition coefficient (Wildman–Crippen LogP) is 3.08. The summed E-state index contributed by atoms with van der Waals surface area (Å²) in [5, 5.41) is 12.5. The maximum absolute atomic E-state index is 13.4. The van der Waals surface area contributed by atoms with E-state index in [1.165, 1.54) is 13.2 Å². The Balaban J connectivity index is 1.55. The summed E-state index contributed by atoms with van der Waals surface area (Å²) < 4.78 is 74.2. The van der Waals surface area contributed by atoms with Gasteiger partial charge >= 0.3 is 15.6 Å². The van der Waals surface area contributed by atoms with Gasteiger partial charge in [-0.15, -0.1) is 0 Å². The lowest BCUT2D eigenvalue weighted by molar-refractivity contribution is -0.185. The number of benzene rings is 1. The number of piperidine rings is 1. The van der Waals surface area contributed by atoms with Crippen molar-refractivity contribution in [1.82, 2.24) is 4.90 Å². The molecule has 3 unspecified atom stereocenters. The second kappa shape index (κ2) is 7.13. The molecule has 0 aromatic heterocycles. The van der Waals surface area contributed by atoms with Gasteiger partial charge in [0.05, 0.1) is 12.7 Å². The number of Topliss-reactive ketones (excluding diaryl/α,β-unsaturated/α-hetero) is 1. The summed E-state index contributed by atoms with van der Waals surface area (Å²) in [5.41, 5.74) is -8.11.